The van der Waals surface area contributed by atoms with E-state index in [2.05, 4.69) is 0 Å². The molecule has 0 spiro atoms. The van der Waals surface area contributed by atoms with E-state index in [0.717, 1.165) is 29.3 Å². The zero-order chi connectivity index (χ0) is 21.9. The van der Waals surface area contributed by atoms with Crippen molar-refractivity contribution in [3.8, 4) is 11.1 Å². The molecule has 0 aromatic heterocycles. The van der Waals surface area contributed by atoms with Gasteiger partial charge in [-0.3, -0.25) is 20.2 Å². The summed E-state index contributed by atoms with van der Waals surface area (Å²) in [6, 6.07) is 19.9. The van der Waals surface area contributed by atoms with Crippen molar-refractivity contribution in [2.45, 2.75) is 19.4 Å². The number of ether oxygens (including phenoxy) is 1. The molecule has 152 valence electrons. The van der Waals surface area contributed by atoms with Crippen molar-refractivity contribution in [3.63, 3.8) is 0 Å². The minimum absolute atomic E-state index is 0.259. The molecule has 0 bridgehead atoms. The largest absolute Gasteiger partial charge is 0.451 e. The van der Waals surface area contributed by atoms with Gasteiger partial charge < -0.3 is 4.74 Å². The van der Waals surface area contributed by atoms with Crippen molar-refractivity contribution in [2.24, 2.45) is 0 Å². The maximum absolute atomic E-state index is 12.6. The standard InChI is InChI=1S/C22H18N2O6/c1-22(2,18-10-8-16(9-11-18)15-6-4-3-5-7-15)30-21(25)17-12-19(23(26)27)14-20(13-17)24(28)29/h3-14H,1-2H3. The number of carbonyl (C=O) groups is 1. The second kappa shape index (κ2) is 8.12. The quantitative estimate of drug-likeness (QED) is 0.313. The molecule has 0 aliphatic rings. The lowest BCUT2D eigenvalue weighted by molar-refractivity contribution is -0.394. The minimum Gasteiger partial charge on any atom is -0.451 e. The number of benzene rings is 3. The van der Waals surface area contributed by atoms with Crippen LogP contribution in [0.3, 0.4) is 0 Å². The molecule has 0 saturated carbocycles. The maximum atomic E-state index is 12.6. The van der Waals surface area contributed by atoms with E-state index in [1.165, 1.54) is 0 Å². The molecular weight excluding hydrogens is 388 g/mol. The smallest absolute Gasteiger partial charge is 0.339 e. The van der Waals surface area contributed by atoms with Gasteiger partial charge in [0.15, 0.2) is 0 Å². The Bertz CT molecular complexity index is 1080. The molecule has 8 nitrogen and oxygen atoms in total. The summed E-state index contributed by atoms with van der Waals surface area (Å²) in [4.78, 5) is 33.1. The number of hydrogen-bond acceptors (Lipinski definition) is 6. The highest BCUT2D eigenvalue weighted by Crippen LogP contribution is 2.30. The minimum atomic E-state index is -1.06. The first-order chi connectivity index (χ1) is 14.2. The van der Waals surface area contributed by atoms with Crippen LogP contribution in [0.15, 0.2) is 72.8 Å². The van der Waals surface area contributed by atoms with E-state index in [-0.39, 0.29) is 5.56 Å². The zero-order valence-electron chi connectivity index (χ0n) is 16.3. The monoisotopic (exact) mass is 406 g/mol. The Labute approximate surface area is 172 Å². The van der Waals surface area contributed by atoms with E-state index in [1.807, 2.05) is 54.6 Å². The highest BCUT2D eigenvalue weighted by molar-refractivity contribution is 5.91. The fourth-order valence-corrected chi connectivity index (χ4v) is 2.97. The molecule has 0 aliphatic heterocycles. The lowest BCUT2D eigenvalue weighted by Crippen LogP contribution is -2.25. The number of hydrogen-bond donors (Lipinski definition) is 0. The van der Waals surface area contributed by atoms with Crippen molar-refractivity contribution >= 4 is 17.3 Å². The second-order valence-electron chi connectivity index (χ2n) is 7.10. The van der Waals surface area contributed by atoms with E-state index < -0.39 is 32.8 Å². The predicted molar refractivity (Wildman–Crippen MR) is 110 cm³/mol. The number of rotatable bonds is 6. The van der Waals surface area contributed by atoms with E-state index >= 15 is 0 Å². The van der Waals surface area contributed by atoms with Crippen LogP contribution in [0, 0.1) is 20.2 Å². The van der Waals surface area contributed by atoms with Crippen LogP contribution < -0.4 is 0 Å². The van der Waals surface area contributed by atoms with E-state index in [4.69, 9.17) is 4.74 Å². The van der Waals surface area contributed by atoms with Crippen molar-refractivity contribution < 1.29 is 19.4 Å². The van der Waals surface area contributed by atoms with Gasteiger partial charge in [-0.25, -0.2) is 4.79 Å². The average molecular weight is 406 g/mol. The van der Waals surface area contributed by atoms with Gasteiger partial charge in [0.25, 0.3) is 11.4 Å². The van der Waals surface area contributed by atoms with Crippen molar-refractivity contribution in [1.82, 2.24) is 0 Å². The molecule has 0 unspecified atom stereocenters. The molecule has 0 heterocycles. The fourth-order valence-electron chi connectivity index (χ4n) is 2.97. The molecule has 0 saturated heterocycles. The van der Waals surface area contributed by atoms with Crippen LogP contribution in [0.1, 0.15) is 29.8 Å². The van der Waals surface area contributed by atoms with Crippen LogP contribution in [0.4, 0.5) is 11.4 Å². The molecule has 0 radical (unpaired) electrons. The predicted octanol–water partition coefficient (Wildman–Crippen LogP) is 5.26. The number of esters is 1. The third-order valence-electron chi connectivity index (χ3n) is 4.59. The van der Waals surface area contributed by atoms with Gasteiger partial charge in [0, 0.05) is 12.1 Å². The van der Waals surface area contributed by atoms with Crippen molar-refractivity contribution in [2.75, 3.05) is 0 Å². The van der Waals surface area contributed by atoms with Crippen molar-refractivity contribution in [1.29, 1.82) is 0 Å². The molecule has 3 aromatic carbocycles. The van der Waals surface area contributed by atoms with Gasteiger partial charge >= 0.3 is 5.97 Å². The summed E-state index contributed by atoms with van der Waals surface area (Å²) in [5.74, 6) is -0.890. The van der Waals surface area contributed by atoms with Crippen LogP contribution in [0.2, 0.25) is 0 Å². The second-order valence-corrected chi connectivity index (χ2v) is 7.10. The van der Waals surface area contributed by atoms with Crippen LogP contribution in [-0.4, -0.2) is 15.8 Å². The molecule has 3 aromatic rings. The van der Waals surface area contributed by atoms with Crippen LogP contribution in [-0.2, 0) is 10.3 Å². The molecule has 0 N–H and O–H groups in total. The van der Waals surface area contributed by atoms with Gasteiger partial charge in [-0.05, 0) is 30.5 Å². The summed E-state index contributed by atoms with van der Waals surface area (Å²) in [7, 11) is 0. The maximum Gasteiger partial charge on any atom is 0.339 e. The van der Waals surface area contributed by atoms with Gasteiger partial charge in [-0.15, -0.1) is 0 Å². The number of nitro benzene ring substituents is 2. The SMILES string of the molecule is CC(C)(OC(=O)c1cc([N+](=O)[O-])cc([N+](=O)[O-])c1)c1ccc(-c2ccccc2)cc1. The lowest BCUT2D eigenvalue weighted by Gasteiger charge is -2.26. The molecular formula is C22H18N2O6. The summed E-state index contributed by atoms with van der Waals surface area (Å²) in [5, 5.41) is 22.1. The van der Waals surface area contributed by atoms with E-state index in [0.29, 0.717) is 5.56 Å². The fraction of sp³-hybridized carbons (Fsp3) is 0.136. The third kappa shape index (κ3) is 4.49. The van der Waals surface area contributed by atoms with Crippen LogP contribution in [0.25, 0.3) is 11.1 Å². The van der Waals surface area contributed by atoms with Gasteiger partial charge in [0.1, 0.15) is 5.60 Å². The summed E-state index contributed by atoms with van der Waals surface area (Å²) in [6.45, 7) is 3.35. The Kier molecular flexibility index (Phi) is 5.59. The van der Waals surface area contributed by atoms with Gasteiger partial charge in [0.2, 0.25) is 0 Å². The van der Waals surface area contributed by atoms with Gasteiger partial charge in [0.05, 0.1) is 21.5 Å². The van der Waals surface area contributed by atoms with E-state index in [9.17, 15) is 25.0 Å². The first-order valence-corrected chi connectivity index (χ1v) is 9.00. The van der Waals surface area contributed by atoms with Crippen LogP contribution in [0.5, 0.6) is 0 Å². The number of carbonyl (C=O) groups excluding carboxylic acids is 1. The first kappa shape index (κ1) is 20.7. The molecule has 0 aliphatic carbocycles. The zero-order valence-corrected chi connectivity index (χ0v) is 16.3. The highest BCUT2D eigenvalue weighted by atomic mass is 16.6. The lowest BCUT2D eigenvalue weighted by atomic mass is 9.95. The molecule has 8 heteroatoms. The average Bonchev–Trinajstić information content (AvgIpc) is 2.73. The molecule has 30 heavy (non-hydrogen) atoms. The number of nitrogens with zero attached hydrogens (tertiary/aromatic N) is 2. The summed E-state index contributed by atoms with van der Waals surface area (Å²) < 4.78 is 5.54. The Morgan fingerprint density at radius 2 is 1.30 bits per heavy atom. The molecule has 0 fully saturated rings. The topological polar surface area (TPSA) is 113 Å². The Hall–Kier alpha value is -4.07. The Morgan fingerprint density at radius 3 is 1.80 bits per heavy atom. The summed E-state index contributed by atoms with van der Waals surface area (Å²) >= 11 is 0. The van der Waals surface area contributed by atoms with Gasteiger partial charge in [-0.2, -0.15) is 0 Å². The Morgan fingerprint density at radius 1 is 0.800 bits per heavy atom. The third-order valence-corrected chi connectivity index (χ3v) is 4.59. The highest BCUT2D eigenvalue weighted by Gasteiger charge is 2.28. The van der Waals surface area contributed by atoms with Crippen molar-refractivity contribution in [3.05, 3.63) is 104 Å². The molecule has 3 rings (SSSR count). The van der Waals surface area contributed by atoms with E-state index in [1.54, 1.807) is 13.8 Å². The van der Waals surface area contributed by atoms with Crippen LogP contribution >= 0.6 is 0 Å². The first-order valence-electron chi connectivity index (χ1n) is 9.00. The molecule has 0 amide bonds. The number of non-ortho nitro benzene ring substituents is 2. The Balaban J connectivity index is 1.85. The summed E-state index contributed by atoms with van der Waals surface area (Å²) in [6.07, 6.45) is 0. The van der Waals surface area contributed by atoms with Gasteiger partial charge in [-0.1, -0.05) is 54.6 Å². The number of nitro groups is 2. The molecule has 0 atom stereocenters. The summed E-state index contributed by atoms with van der Waals surface area (Å²) in [5.41, 5.74) is 0.312. The normalized spacial score (nSPS) is 11.0.